The fourth-order valence-electron chi connectivity index (χ4n) is 2.04. The van der Waals surface area contributed by atoms with Crippen LogP contribution in [0.3, 0.4) is 0 Å². The number of nitro groups is 1. The summed E-state index contributed by atoms with van der Waals surface area (Å²) in [5, 5.41) is 11.2. The van der Waals surface area contributed by atoms with E-state index < -0.39 is 10.5 Å². The van der Waals surface area contributed by atoms with Crippen molar-refractivity contribution in [3.8, 4) is 12.0 Å². The zero-order valence-corrected chi connectivity index (χ0v) is 12.4. The van der Waals surface area contributed by atoms with Gasteiger partial charge in [0.2, 0.25) is 0 Å². The molecule has 0 fully saturated rings. The highest BCUT2D eigenvalue weighted by atomic mass is 35.5. The van der Waals surface area contributed by atoms with Crippen molar-refractivity contribution in [1.82, 2.24) is 19.5 Å². The normalized spacial score (nSPS) is 20.1. The molecule has 1 aliphatic rings. The summed E-state index contributed by atoms with van der Waals surface area (Å²) in [5.74, 6) is -0.235. The molecule has 0 N–H and O–H groups in total. The van der Waals surface area contributed by atoms with Gasteiger partial charge in [-0.2, -0.15) is 0 Å². The Morgan fingerprint density at radius 3 is 2.95 bits per heavy atom. The lowest BCUT2D eigenvalue weighted by atomic mass is 10.0. The van der Waals surface area contributed by atoms with Crippen LogP contribution in [0.1, 0.15) is 13.3 Å². The minimum Gasteiger partial charge on any atom is -0.459 e. The van der Waals surface area contributed by atoms with Crippen molar-refractivity contribution in [3.63, 3.8) is 0 Å². The Morgan fingerprint density at radius 1 is 1.55 bits per heavy atom. The Balaban J connectivity index is 1.69. The average Bonchev–Trinajstić information content (AvgIpc) is 2.90. The van der Waals surface area contributed by atoms with E-state index in [2.05, 4.69) is 15.0 Å². The number of rotatable bonds is 4. The van der Waals surface area contributed by atoms with Gasteiger partial charge in [-0.05, 0) is 11.8 Å². The zero-order valence-electron chi connectivity index (χ0n) is 11.6. The third-order valence-electron chi connectivity index (χ3n) is 3.24. The van der Waals surface area contributed by atoms with Crippen LogP contribution in [-0.2, 0) is 6.54 Å². The van der Waals surface area contributed by atoms with Gasteiger partial charge in [0, 0.05) is 17.9 Å². The molecule has 1 atom stereocenters. The summed E-state index contributed by atoms with van der Waals surface area (Å²) in [6.07, 6.45) is 4.84. The van der Waals surface area contributed by atoms with E-state index >= 15 is 0 Å². The monoisotopic (exact) mass is 325 g/mol. The molecule has 0 saturated carbocycles. The number of fused-ring (bicyclic) bond motifs is 1. The number of hydrogen-bond donors (Lipinski definition) is 0. The molecule has 3 rings (SSSR count). The van der Waals surface area contributed by atoms with E-state index in [0.717, 1.165) is 0 Å². The smallest absolute Gasteiger partial charge is 0.414 e. The molecule has 9 nitrogen and oxygen atoms in total. The molecule has 22 heavy (non-hydrogen) atoms. The third-order valence-corrected chi connectivity index (χ3v) is 3.43. The summed E-state index contributed by atoms with van der Waals surface area (Å²) >= 11 is 5.70. The quantitative estimate of drug-likeness (QED) is 0.623. The number of hydrogen-bond acceptors (Lipinski definition) is 7. The van der Waals surface area contributed by atoms with Gasteiger partial charge in [0.1, 0.15) is 18.4 Å². The van der Waals surface area contributed by atoms with Crippen molar-refractivity contribution < 1.29 is 14.4 Å². The molecule has 116 valence electrons. The lowest BCUT2D eigenvalue weighted by Crippen LogP contribution is -2.43. The minimum absolute atomic E-state index is 0.189. The second-order valence-electron chi connectivity index (χ2n) is 5.11. The zero-order chi connectivity index (χ0) is 15.7. The summed E-state index contributed by atoms with van der Waals surface area (Å²) in [6.45, 7) is 2.58. The van der Waals surface area contributed by atoms with Gasteiger partial charge in [0.25, 0.3) is 0 Å². The lowest BCUT2D eigenvalue weighted by molar-refractivity contribution is -0.389. The maximum atomic E-state index is 10.7. The Kier molecular flexibility index (Phi) is 3.57. The van der Waals surface area contributed by atoms with Gasteiger partial charge in [-0.15, -0.1) is 0 Å². The molecule has 0 bridgehead atoms. The number of halogens is 1. The van der Waals surface area contributed by atoms with E-state index in [1.54, 1.807) is 4.57 Å². The first kappa shape index (κ1) is 14.5. The molecule has 0 aliphatic carbocycles. The third kappa shape index (κ3) is 2.93. The second-order valence-corrected chi connectivity index (χ2v) is 5.54. The van der Waals surface area contributed by atoms with Crippen LogP contribution >= 0.6 is 11.6 Å². The average molecular weight is 326 g/mol. The van der Waals surface area contributed by atoms with Gasteiger partial charge in [0.15, 0.2) is 0 Å². The number of aryl methyl sites for hydroxylation is 1. The van der Waals surface area contributed by atoms with E-state index in [0.29, 0.717) is 18.0 Å². The van der Waals surface area contributed by atoms with E-state index in [1.165, 1.54) is 18.6 Å². The van der Waals surface area contributed by atoms with E-state index in [9.17, 15) is 10.1 Å². The number of imidazole rings is 1. The Morgan fingerprint density at radius 2 is 2.27 bits per heavy atom. The van der Waals surface area contributed by atoms with Crippen LogP contribution in [0.15, 0.2) is 18.6 Å². The number of nitrogens with zero attached hydrogens (tertiary/aromatic N) is 5. The molecular formula is C12H12ClN5O4. The lowest BCUT2D eigenvalue weighted by Gasteiger charge is -2.31. The van der Waals surface area contributed by atoms with Gasteiger partial charge in [-0.3, -0.25) is 4.57 Å². The summed E-state index contributed by atoms with van der Waals surface area (Å²) < 4.78 is 12.8. The Labute approximate surface area is 130 Å². The second kappa shape index (κ2) is 5.41. The van der Waals surface area contributed by atoms with Gasteiger partial charge < -0.3 is 19.6 Å². The molecule has 2 aromatic heterocycles. The van der Waals surface area contributed by atoms with Crippen molar-refractivity contribution in [2.75, 3.05) is 6.61 Å². The Hall–Kier alpha value is -2.42. The first-order valence-electron chi connectivity index (χ1n) is 6.46. The van der Waals surface area contributed by atoms with Crippen molar-refractivity contribution in [2.45, 2.75) is 25.5 Å². The molecule has 0 aromatic carbocycles. The summed E-state index contributed by atoms with van der Waals surface area (Å²) in [4.78, 5) is 21.9. The standard InChI is InChI=1S/C12H12ClN5O4/c1-12(7-21-10-14-4-8(13)5-15-10)2-3-17-6-9(18(19)20)16-11(17)22-12/h4-6H,2-3,7H2,1H3. The molecule has 2 aromatic rings. The van der Waals surface area contributed by atoms with E-state index in [1.807, 2.05) is 6.92 Å². The summed E-state index contributed by atoms with van der Waals surface area (Å²) in [7, 11) is 0. The van der Waals surface area contributed by atoms with Crippen LogP contribution in [0.2, 0.25) is 5.02 Å². The van der Waals surface area contributed by atoms with Crippen LogP contribution in [0.5, 0.6) is 12.0 Å². The Bertz CT molecular complexity index is 704. The largest absolute Gasteiger partial charge is 0.459 e. The maximum Gasteiger partial charge on any atom is 0.414 e. The first-order valence-corrected chi connectivity index (χ1v) is 6.84. The van der Waals surface area contributed by atoms with Gasteiger partial charge >= 0.3 is 17.8 Å². The van der Waals surface area contributed by atoms with Gasteiger partial charge in [0.05, 0.1) is 17.4 Å². The van der Waals surface area contributed by atoms with E-state index in [-0.39, 0.29) is 24.4 Å². The predicted octanol–water partition coefficient (Wildman–Crippen LogP) is 1.85. The molecule has 0 radical (unpaired) electrons. The predicted molar refractivity (Wildman–Crippen MR) is 75.1 cm³/mol. The van der Waals surface area contributed by atoms with Gasteiger partial charge in [-0.1, -0.05) is 11.6 Å². The molecule has 3 heterocycles. The number of aromatic nitrogens is 4. The van der Waals surface area contributed by atoms with Crippen molar-refractivity contribution in [1.29, 1.82) is 0 Å². The summed E-state index contributed by atoms with van der Waals surface area (Å²) in [5.41, 5.74) is -0.668. The highest BCUT2D eigenvalue weighted by Gasteiger charge is 2.37. The molecule has 0 amide bonds. The van der Waals surface area contributed by atoms with Crippen LogP contribution in [-0.4, -0.2) is 36.7 Å². The summed E-state index contributed by atoms with van der Waals surface area (Å²) in [6, 6.07) is 0.398. The maximum absolute atomic E-state index is 10.7. The molecule has 1 aliphatic heterocycles. The highest BCUT2D eigenvalue weighted by Crippen LogP contribution is 2.30. The topological polar surface area (TPSA) is 105 Å². The molecular weight excluding hydrogens is 314 g/mol. The molecule has 10 heteroatoms. The number of ether oxygens (including phenoxy) is 2. The van der Waals surface area contributed by atoms with Gasteiger partial charge in [-0.25, -0.2) is 9.97 Å². The van der Waals surface area contributed by atoms with Crippen molar-refractivity contribution >= 4 is 17.4 Å². The van der Waals surface area contributed by atoms with Crippen molar-refractivity contribution in [2.24, 2.45) is 0 Å². The van der Waals surface area contributed by atoms with Crippen LogP contribution in [0, 0.1) is 10.1 Å². The van der Waals surface area contributed by atoms with Crippen LogP contribution in [0.4, 0.5) is 5.82 Å². The molecule has 0 spiro atoms. The van der Waals surface area contributed by atoms with E-state index in [4.69, 9.17) is 21.1 Å². The fraction of sp³-hybridized carbons (Fsp3) is 0.417. The first-order chi connectivity index (χ1) is 10.5. The fourth-order valence-corrected chi connectivity index (χ4v) is 2.14. The van der Waals surface area contributed by atoms with Crippen LogP contribution < -0.4 is 9.47 Å². The minimum atomic E-state index is -0.668. The molecule has 1 unspecified atom stereocenters. The molecule has 0 saturated heterocycles. The van der Waals surface area contributed by atoms with Crippen LogP contribution in [0.25, 0.3) is 0 Å². The SMILES string of the molecule is CC1(COc2ncc(Cl)cn2)CCn2cc([N+](=O)[O-])nc2O1. The van der Waals surface area contributed by atoms with Crippen molar-refractivity contribution in [3.05, 3.63) is 33.7 Å². The highest BCUT2D eigenvalue weighted by molar-refractivity contribution is 6.30.